The van der Waals surface area contributed by atoms with E-state index in [1.807, 2.05) is 30.3 Å². The fourth-order valence-electron chi connectivity index (χ4n) is 3.57. The maximum Gasteiger partial charge on any atom is 0.127 e. The lowest BCUT2D eigenvalue weighted by Gasteiger charge is -2.35. The number of hydrogen-bond donors (Lipinski definition) is 0. The van der Waals surface area contributed by atoms with E-state index in [0.29, 0.717) is 5.75 Å². The highest BCUT2D eigenvalue weighted by atomic mass is 32.2. The summed E-state index contributed by atoms with van der Waals surface area (Å²) in [7, 11) is 0. The predicted octanol–water partition coefficient (Wildman–Crippen LogP) is 7.05. The molecule has 0 fully saturated rings. The van der Waals surface area contributed by atoms with Crippen molar-refractivity contribution < 1.29 is 4.39 Å². The smallest absolute Gasteiger partial charge is 0.127 e. The average Bonchev–Trinajstić information content (AvgIpc) is 2.78. The summed E-state index contributed by atoms with van der Waals surface area (Å²) in [6.07, 6.45) is 0. The first kappa shape index (κ1) is 18.5. The molecule has 0 aliphatic heterocycles. The van der Waals surface area contributed by atoms with E-state index >= 15 is 0 Å². The molecule has 0 unspecified atom stereocenters. The maximum absolute atomic E-state index is 14.4. The molecule has 0 nitrogen and oxygen atoms in total. The summed E-state index contributed by atoms with van der Waals surface area (Å²) in [5.74, 6) is 0.420. The van der Waals surface area contributed by atoms with Crippen LogP contribution in [0.4, 0.5) is 4.39 Å². The van der Waals surface area contributed by atoms with Crippen molar-refractivity contribution in [1.29, 1.82) is 0 Å². The zero-order valence-electron chi connectivity index (χ0n) is 15.5. The van der Waals surface area contributed by atoms with Gasteiger partial charge in [-0.05, 0) is 28.3 Å². The van der Waals surface area contributed by atoms with Gasteiger partial charge in [-0.2, -0.15) is 0 Å². The Morgan fingerprint density at radius 1 is 0.536 bits per heavy atom. The molecule has 0 spiro atoms. The largest absolute Gasteiger partial charge is 0.207 e. The van der Waals surface area contributed by atoms with Crippen LogP contribution in [0.5, 0.6) is 0 Å². The van der Waals surface area contributed by atoms with E-state index in [2.05, 4.69) is 72.8 Å². The van der Waals surface area contributed by atoms with Crippen molar-refractivity contribution >= 4 is 11.8 Å². The molecule has 0 aliphatic rings. The molecule has 4 aromatic rings. The molecule has 4 rings (SSSR count). The second-order valence-corrected chi connectivity index (χ2v) is 7.85. The predicted molar refractivity (Wildman–Crippen MR) is 117 cm³/mol. The van der Waals surface area contributed by atoms with Crippen LogP contribution in [0, 0.1) is 5.82 Å². The molecule has 0 aliphatic carbocycles. The first-order valence-corrected chi connectivity index (χ1v) is 10.3. The minimum Gasteiger partial charge on any atom is -0.207 e. The molecule has 138 valence electrons. The van der Waals surface area contributed by atoms with Crippen LogP contribution >= 0.6 is 11.8 Å². The van der Waals surface area contributed by atoms with Gasteiger partial charge in [0.2, 0.25) is 0 Å². The Morgan fingerprint density at radius 3 is 1.36 bits per heavy atom. The van der Waals surface area contributed by atoms with Crippen LogP contribution in [0.2, 0.25) is 0 Å². The Balaban J connectivity index is 1.89. The molecule has 0 radical (unpaired) electrons. The Hall–Kier alpha value is -2.84. The lowest BCUT2D eigenvalue weighted by atomic mass is 9.84. The van der Waals surface area contributed by atoms with Gasteiger partial charge in [-0.25, -0.2) is 4.39 Å². The van der Waals surface area contributed by atoms with Gasteiger partial charge in [-0.3, -0.25) is 0 Å². The summed E-state index contributed by atoms with van der Waals surface area (Å²) in [6.45, 7) is 0. The Kier molecular flexibility index (Phi) is 5.59. The van der Waals surface area contributed by atoms with Gasteiger partial charge in [-0.15, -0.1) is 11.8 Å². The molecule has 0 N–H and O–H groups in total. The van der Waals surface area contributed by atoms with Crippen molar-refractivity contribution in [2.24, 2.45) is 0 Å². The SMILES string of the molecule is Fc1ccccc1CSC(c1ccccc1)(c1ccccc1)c1ccccc1. The fraction of sp³-hybridized carbons (Fsp3) is 0.0769. The molecule has 28 heavy (non-hydrogen) atoms. The van der Waals surface area contributed by atoms with Crippen LogP contribution in [-0.4, -0.2) is 0 Å². The molecule has 0 saturated carbocycles. The van der Waals surface area contributed by atoms with Gasteiger partial charge in [0.1, 0.15) is 5.82 Å². The first-order valence-electron chi connectivity index (χ1n) is 9.34. The van der Waals surface area contributed by atoms with Crippen LogP contribution in [0.3, 0.4) is 0 Å². The van der Waals surface area contributed by atoms with Crippen molar-refractivity contribution in [3.63, 3.8) is 0 Å². The zero-order valence-corrected chi connectivity index (χ0v) is 16.3. The maximum atomic E-state index is 14.4. The summed E-state index contributed by atoms with van der Waals surface area (Å²) in [5.41, 5.74) is 4.29. The van der Waals surface area contributed by atoms with Crippen LogP contribution in [0.25, 0.3) is 0 Å². The lowest BCUT2D eigenvalue weighted by molar-refractivity contribution is 0.617. The minimum absolute atomic E-state index is 0.155. The zero-order chi connectivity index (χ0) is 19.2. The second kappa shape index (κ2) is 8.45. The Labute approximate surface area is 170 Å². The Morgan fingerprint density at radius 2 is 0.929 bits per heavy atom. The lowest BCUT2D eigenvalue weighted by Crippen LogP contribution is -2.25. The van der Waals surface area contributed by atoms with E-state index in [1.165, 1.54) is 22.8 Å². The van der Waals surface area contributed by atoms with E-state index in [-0.39, 0.29) is 5.82 Å². The molecule has 0 atom stereocenters. The summed E-state index contributed by atoms with van der Waals surface area (Å²) < 4.78 is 13.9. The second-order valence-electron chi connectivity index (χ2n) is 6.66. The van der Waals surface area contributed by atoms with Gasteiger partial charge in [0.15, 0.2) is 0 Å². The van der Waals surface area contributed by atoms with Crippen molar-refractivity contribution in [3.8, 4) is 0 Å². The molecule has 0 aromatic heterocycles. The Bertz CT molecular complexity index is 917. The van der Waals surface area contributed by atoms with Gasteiger partial charge in [0.25, 0.3) is 0 Å². The van der Waals surface area contributed by atoms with Crippen molar-refractivity contribution in [2.45, 2.75) is 10.5 Å². The van der Waals surface area contributed by atoms with Gasteiger partial charge in [0, 0.05) is 5.75 Å². The monoisotopic (exact) mass is 384 g/mol. The molecule has 0 amide bonds. The van der Waals surface area contributed by atoms with Crippen molar-refractivity contribution in [1.82, 2.24) is 0 Å². The number of thioether (sulfide) groups is 1. The highest BCUT2D eigenvalue weighted by Gasteiger charge is 2.36. The summed E-state index contributed by atoms with van der Waals surface area (Å²) in [5, 5.41) is 0. The third-order valence-corrected chi connectivity index (χ3v) is 6.54. The fourth-order valence-corrected chi connectivity index (χ4v) is 5.08. The highest BCUT2D eigenvalue weighted by Crippen LogP contribution is 2.49. The summed E-state index contributed by atoms with van der Waals surface area (Å²) in [4.78, 5) is 0. The number of hydrogen-bond acceptors (Lipinski definition) is 1. The van der Waals surface area contributed by atoms with Crippen LogP contribution in [-0.2, 0) is 10.5 Å². The van der Waals surface area contributed by atoms with Crippen LogP contribution in [0.1, 0.15) is 22.3 Å². The number of benzene rings is 4. The average molecular weight is 385 g/mol. The third kappa shape index (κ3) is 3.61. The number of rotatable bonds is 6. The quantitative estimate of drug-likeness (QED) is 0.321. The minimum atomic E-state index is -0.425. The van der Waals surface area contributed by atoms with E-state index in [1.54, 1.807) is 17.8 Å². The first-order chi connectivity index (χ1) is 13.8. The summed E-state index contributed by atoms with van der Waals surface area (Å²) >= 11 is 1.76. The van der Waals surface area contributed by atoms with E-state index in [9.17, 15) is 4.39 Å². The molecule has 0 heterocycles. The van der Waals surface area contributed by atoms with Gasteiger partial charge >= 0.3 is 0 Å². The molecule has 4 aromatic carbocycles. The van der Waals surface area contributed by atoms with Gasteiger partial charge in [-0.1, -0.05) is 109 Å². The highest BCUT2D eigenvalue weighted by molar-refractivity contribution is 7.99. The molecular weight excluding hydrogens is 363 g/mol. The molecular formula is C26H21FS. The van der Waals surface area contributed by atoms with E-state index < -0.39 is 4.75 Å². The van der Waals surface area contributed by atoms with E-state index in [4.69, 9.17) is 0 Å². The summed E-state index contributed by atoms with van der Waals surface area (Å²) in [6, 6.07) is 38.5. The van der Waals surface area contributed by atoms with Crippen molar-refractivity contribution in [2.75, 3.05) is 0 Å². The van der Waals surface area contributed by atoms with Crippen LogP contribution in [0.15, 0.2) is 115 Å². The molecule has 0 saturated heterocycles. The normalized spacial score (nSPS) is 11.3. The van der Waals surface area contributed by atoms with Gasteiger partial charge < -0.3 is 0 Å². The van der Waals surface area contributed by atoms with Crippen molar-refractivity contribution in [3.05, 3.63) is 143 Å². The third-order valence-electron chi connectivity index (χ3n) is 4.94. The van der Waals surface area contributed by atoms with E-state index in [0.717, 1.165) is 5.56 Å². The van der Waals surface area contributed by atoms with Crippen LogP contribution < -0.4 is 0 Å². The number of halogens is 1. The topological polar surface area (TPSA) is 0 Å². The molecule has 0 bridgehead atoms. The standard InChI is InChI=1S/C26H21FS/c27-25-19-11-10-12-21(25)20-28-26(22-13-4-1-5-14-22,23-15-6-2-7-16-23)24-17-8-3-9-18-24/h1-19H,20H2. The van der Waals surface area contributed by atoms with Gasteiger partial charge in [0.05, 0.1) is 4.75 Å². The molecule has 2 heteroatoms.